The average molecular weight is 233 g/mol. The predicted octanol–water partition coefficient (Wildman–Crippen LogP) is 2.65. The maximum absolute atomic E-state index is 11.6. The second kappa shape index (κ2) is 4.49. The molecule has 0 aromatic heterocycles. The molecule has 1 aliphatic heterocycles. The second-order valence-electron chi connectivity index (χ2n) is 4.10. The van der Waals surface area contributed by atoms with E-state index in [2.05, 4.69) is 0 Å². The first-order valence-corrected chi connectivity index (χ1v) is 5.97. The van der Waals surface area contributed by atoms with Crippen molar-refractivity contribution in [3.8, 4) is 0 Å². The average Bonchev–Trinajstić information content (AvgIpc) is 2.01. The summed E-state index contributed by atoms with van der Waals surface area (Å²) in [4.78, 5) is 13.2. The van der Waals surface area contributed by atoms with Gasteiger partial charge in [0, 0.05) is 12.3 Å². The highest BCUT2D eigenvalue weighted by molar-refractivity contribution is 8.23. The third kappa shape index (κ3) is 3.46. The van der Waals surface area contributed by atoms with E-state index in [0.29, 0.717) is 10.9 Å². The number of carbonyl (C=O) groups is 1. The number of hydrogen-bond donors (Lipinski definition) is 0. The summed E-state index contributed by atoms with van der Waals surface area (Å²) < 4.78 is 5.86. The summed E-state index contributed by atoms with van der Waals surface area (Å²) in [6.07, 6.45) is 0.652. The largest absolute Gasteiger partial charge is 0.443 e. The number of thioether (sulfide) groups is 1. The summed E-state index contributed by atoms with van der Waals surface area (Å²) >= 11 is 6.62. The molecular formula is C9H15NO2S2. The fourth-order valence-corrected chi connectivity index (χ4v) is 2.22. The van der Waals surface area contributed by atoms with Crippen molar-refractivity contribution in [1.82, 2.24) is 4.90 Å². The summed E-state index contributed by atoms with van der Waals surface area (Å²) in [5.74, 6) is 0.998. The van der Waals surface area contributed by atoms with Gasteiger partial charge in [0.05, 0.1) is 0 Å². The van der Waals surface area contributed by atoms with Crippen LogP contribution >= 0.6 is 24.0 Å². The van der Waals surface area contributed by atoms with Crippen LogP contribution in [0.5, 0.6) is 0 Å². The standard InChI is InChI=1S/C9H15NO2S2/c1-9(2,3)12-7(11)10-5-4-6-14-8(10)13/h4-6H2,1-3H3. The molecule has 1 rings (SSSR count). The van der Waals surface area contributed by atoms with Crippen molar-refractivity contribution in [3.63, 3.8) is 0 Å². The Balaban J connectivity index is 2.55. The third-order valence-corrected chi connectivity index (χ3v) is 3.12. The lowest BCUT2D eigenvalue weighted by molar-refractivity contribution is 0.0376. The predicted molar refractivity (Wildman–Crippen MR) is 62.6 cm³/mol. The summed E-state index contributed by atoms with van der Waals surface area (Å²) in [6.45, 7) is 6.24. The zero-order valence-electron chi connectivity index (χ0n) is 8.70. The lowest BCUT2D eigenvalue weighted by Gasteiger charge is -2.29. The van der Waals surface area contributed by atoms with Crippen molar-refractivity contribution in [2.75, 3.05) is 12.3 Å². The summed E-state index contributed by atoms with van der Waals surface area (Å²) in [5, 5.41) is 0. The molecule has 0 saturated carbocycles. The van der Waals surface area contributed by atoms with E-state index in [9.17, 15) is 4.79 Å². The van der Waals surface area contributed by atoms with Crippen molar-refractivity contribution in [1.29, 1.82) is 0 Å². The Hall–Kier alpha value is -0.290. The van der Waals surface area contributed by atoms with Crippen molar-refractivity contribution < 1.29 is 9.53 Å². The van der Waals surface area contributed by atoms with Gasteiger partial charge >= 0.3 is 6.09 Å². The maximum atomic E-state index is 11.6. The number of thiocarbonyl (C=S) groups is 1. The minimum Gasteiger partial charge on any atom is -0.443 e. The van der Waals surface area contributed by atoms with Gasteiger partial charge in [-0.15, -0.1) is 0 Å². The van der Waals surface area contributed by atoms with Crippen molar-refractivity contribution in [2.45, 2.75) is 32.8 Å². The summed E-state index contributed by atoms with van der Waals surface area (Å²) in [7, 11) is 0. The summed E-state index contributed by atoms with van der Waals surface area (Å²) in [5.41, 5.74) is -0.450. The van der Waals surface area contributed by atoms with Crippen LogP contribution in [0, 0.1) is 0 Å². The fourth-order valence-electron chi connectivity index (χ4n) is 1.03. The molecule has 3 nitrogen and oxygen atoms in total. The zero-order chi connectivity index (χ0) is 10.8. The van der Waals surface area contributed by atoms with E-state index in [1.807, 2.05) is 20.8 Å². The Kier molecular flexibility index (Phi) is 3.78. The normalized spacial score (nSPS) is 18.2. The molecule has 0 unspecified atom stereocenters. The van der Waals surface area contributed by atoms with Crippen LogP contribution in [0.1, 0.15) is 27.2 Å². The molecule has 1 fully saturated rings. The molecule has 5 heteroatoms. The third-order valence-electron chi connectivity index (χ3n) is 1.59. The smallest absolute Gasteiger partial charge is 0.415 e. The Morgan fingerprint density at radius 2 is 2.21 bits per heavy atom. The first-order chi connectivity index (χ1) is 6.40. The first kappa shape index (κ1) is 11.8. The van der Waals surface area contributed by atoms with Gasteiger partial charge in [-0.25, -0.2) is 4.79 Å². The zero-order valence-corrected chi connectivity index (χ0v) is 10.3. The van der Waals surface area contributed by atoms with E-state index in [1.165, 1.54) is 16.7 Å². The van der Waals surface area contributed by atoms with E-state index in [0.717, 1.165) is 12.2 Å². The molecule has 0 radical (unpaired) electrons. The number of rotatable bonds is 0. The van der Waals surface area contributed by atoms with Gasteiger partial charge in [-0.3, -0.25) is 4.90 Å². The molecule has 0 bridgehead atoms. The molecular weight excluding hydrogens is 218 g/mol. The Morgan fingerprint density at radius 1 is 1.57 bits per heavy atom. The van der Waals surface area contributed by atoms with Gasteiger partial charge in [-0.05, 0) is 27.2 Å². The molecule has 1 amide bonds. The van der Waals surface area contributed by atoms with Gasteiger partial charge in [0.15, 0.2) is 0 Å². The van der Waals surface area contributed by atoms with Gasteiger partial charge in [-0.1, -0.05) is 24.0 Å². The molecule has 0 aliphatic carbocycles. The van der Waals surface area contributed by atoms with Crippen LogP contribution in [-0.4, -0.2) is 33.2 Å². The van der Waals surface area contributed by atoms with E-state index in [-0.39, 0.29) is 6.09 Å². The van der Waals surface area contributed by atoms with Gasteiger partial charge in [0.1, 0.15) is 9.92 Å². The van der Waals surface area contributed by atoms with Gasteiger partial charge in [-0.2, -0.15) is 0 Å². The highest BCUT2D eigenvalue weighted by Gasteiger charge is 2.26. The second-order valence-corrected chi connectivity index (χ2v) is 5.83. The highest BCUT2D eigenvalue weighted by atomic mass is 32.2. The van der Waals surface area contributed by atoms with E-state index in [1.54, 1.807) is 0 Å². The van der Waals surface area contributed by atoms with Gasteiger partial charge < -0.3 is 4.74 Å². The number of hydrogen-bond acceptors (Lipinski definition) is 4. The summed E-state index contributed by atoms with van der Waals surface area (Å²) in [6, 6.07) is 0. The lowest BCUT2D eigenvalue weighted by atomic mass is 10.2. The lowest BCUT2D eigenvalue weighted by Crippen LogP contribution is -2.41. The highest BCUT2D eigenvalue weighted by Crippen LogP contribution is 2.20. The van der Waals surface area contributed by atoms with Crippen LogP contribution in [0.25, 0.3) is 0 Å². The molecule has 0 atom stereocenters. The Bertz CT molecular complexity index is 248. The topological polar surface area (TPSA) is 29.5 Å². The van der Waals surface area contributed by atoms with Crippen molar-refractivity contribution in [2.24, 2.45) is 0 Å². The molecule has 1 heterocycles. The maximum Gasteiger partial charge on any atom is 0.415 e. The molecule has 0 aromatic rings. The van der Waals surface area contributed by atoms with E-state index < -0.39 is 5.60 Å². The fraction of sp³-hybridized carbons (Fsp3) is 0.778. The molecule has 14 heavy (non-hydrogen) atoms. The monoisotopic (exact) mass is 233 g/mol. The SMILES string of the molecule is CC(C)(C)OC(=O)N1CCCSC1=S. The van der Waals surface area contributed by atoms with E-state index in [4.69, 9.17) is 17.0 Å². The molecule has 0 N–H and O–H groups in total. The minimum atomic E-state index is -0.450. The molecule has 0 spiro atoms. The Morgan fingerprint density at radius 3 is 2.71 bits per heavy atom. The van der Waals surface area contributed by atoms with Gasteiger partial charge in [0.2, 0.25) is 0 Å². The molecule has 80 valence electrons. The van der Waals surface area contributed by atoms with Crippen LogP contribution in [0.15, 0.2) is 0 Å². The number of ether oxygens (including phenoxy) is 1. The van der Waals surface area contributed by atoms with Crippen LogP contribution in [0.4, 0.5) is 4.79 Å². The van der Waals surface area contributed by atoms with Crippen molar-refractivity contribution in [3.05, 3.63) is 0 Å². The van der Waals surface area contributed by atoms with Gasteiger partial charge in [0.25, 0.3) is 0 Å². The van der Waals surface area contributed by atoms with Crippen LogP contribution < -0.4 is 0 Å². The minimum absolute atomic E-state index is 0.324. The first-order valence-electron chi connectivity index (χ1n) is 4.57. The molecule has 1 aliphatic rings. The number of nitrogens with zero attached hydrogens (tertiary/aromatic N) is 1. The van der Waals surface area contributed by atoms with Crippen LogP contribution in [0.3, 0.4) is 0 Å². The van der Waals surface area contributed by atoms with Crippen LogP contribution in [-0.2, 0) is 4.74 Å². The van der Waals surface area contributed by atoms with Crippen LogP contribution in [0.2, 0.25) is 0 Å². The molecule has 1 saturated heterocycles. The number of amides is 1. The van der Waals surface area contributed by atoms with E-state index >= 15 is 0 Å². The quantitative estimate of drug-likeness (QED) is 0.602. The van der Waals surface area contributed by atoms with Crippen molar-refractivity contribution >= 4 is 34.4 Å². The molecule has 0 aromatic carbocycles. The Labute approximate surface area is 94.2 Å². The number of carbonyl (C=O) groups excluding carboxylic acids is 1.